The second kappa shape index (κ2) is 7.15. The van der Waals surface area contributed by atoms with E-state index in [1.807, 2.05) is 53.9 Å². The smallest absolute Gasteiger partial charge is 0.180 e. The molecule has 0 saturated carbocycles. The number of ether oxygens (including phenoxy) is 2. The van der Waals surface area contributed by atoms with Gasteiger partial charge in [-0.1, -0.05) is 29.8 Å². The quantitative estimate of drug-likeness (QED) is 0.691. The summed E-state index contributed by atoms with van der Waals surface area (Å²) < 4.78 is 11.4. The zero-order chi connectivity index (χ0) is 16.1. The summed E-state index contributed by atoms with van der Waals surface area (Å²) in [7, 11) is 0. The van der Waals surface area contributed by atoms with Gasteiger partial charge in [-0.2, -0.15) is 0 Å². The number of hydrogen-bond donors (Lipinski definition) is 1. The SMILES string of the molecule is Cc1ccc(OCCOc2cccc(-c3csc(N)n3)c2)cc1. The number of aromatic nitrogens is 1. The number of aryl methyl sites for hydroxylation is 1. The van der Waals surface area contributed by atoms with Crippen LogP contribution >= 0.6 is 11.3 Å². The van der Waals surface area contributed by atoms with E-state index in [0.717, 1.165) is 22.8 Å². The first kappa shape index (κ1) is 15.4. The predicted molar refractivity (Wildman–Crippen MR) is 94.1 cm³/mol. The number of anilines is 1. The molecule has 2 aromatic carbocycles. The first-order valence-electron chi connectivity index (χ1n) is 7.34. The van der Waals surface area contributed by atoms with Crippen LogP contribution in [0.4, 0.5) is 5.13 Å². The Bertz CT molecular complexity index is 769. The molecule has 0 aliphatic carbocycles. The molecule has 5 heteroatoms. The van der Waals surface area contributed by atoms with Gasteiger partial charge in [0.1, 0.15) is 24.7 Å². The van der Waals surface area contributed by atoms with Crippen LogP contribution in [0.2, 0.25) is 0 Å². The Balaban J connectivity index is 1.53. The molecular formula is C18H18N2O2S. The molecule has 0 unspecified atom stereocenters. The minimum Gasteiger partial charge on any atom is -0.490 e. The van der Waals surface area contributed by atoms with Crippen molar-refractivity contribution < 1.29 is 9.47 Å². The lowest BCUT2D eigenvalue weighted by molar-refractivity contribution is 0.217. The van der Waals surface area contributed by atoms with Crippen LogP contribution in [0, 0.1) is 6.92 Å². The van der Waals surface area contributed by atoms with Crippen molar-refractivity contribution in [3.05, 3.63) is 59.5 Å². The molecular weight excluding hydrogens is 308 g/mol. The summed E-state index contributed by atoms with van der Waals surface area (Å²) >= 11 is 1.43. The van der Waals surface area contributed by atoms with Gasteiger partial charge in [-0.25, -0.2) is 4.98 Å². The van der Waals surface area contributed by atoms with Crippen LogP contribution in [-0.2, 0) is 0 Å². The van der Waals surface area contributed by atoms with Gasteiger partial charge in [-0.05, 0) is 31.2 Å². The molecule has 118 valence electrons. The number of rotatable bonds is 6. The summed E-state index contributed by atoms with van der Waals surface area (Å²) in [6, 6.07) is 15.8. The van der Waals surface area contributed by atoms with Crippen molar-refractivity contribution in [3.63, 3.8) is 0 Å². The highest BCUT2D eigenvalue weighted by molar-refractivity contribution is 7.13. The topological polar surface area (TPSA) is 57.4 Å². The third-order valence-electron chi connectivity index (χ3n) is 3.29. The summed E-state index contributed by atoms with van der Waals surface area (Å²) in [5.74, 6) is 1.65. The summed E-state index contributed by atoms with van der Waals surface area (Å²) in [5, 5.41) is 2.51. The van der Waals surface area contributed by atoms with Gasteiger partial charge < -0.3 is 15.2 Å². The Hall–Kier alpha value is -2.53. The van der Waals surface area contributed by atoms with Crippen molar-refractivity contribution in [3.8, 4) is 22.8 Å². The summed E-state index contributed by atoms with van der Waals surface area (Å²) in [6.45, 7) is 3.03. The number of nitrogens with two attached hydrogens (primary N) is 1. The Labute approximate surface area is 139 Å². The molecule has 23 heavy (non-hydrogen) atoms. The highest BCUT2D eigenvalue weighted by Crippen LogP contribution is 2.26. The zero-order valence-corrected chi connectivity index (χ0v) is 13.7. The standard InChI is InChI=1S/C18H18N2O2S/c1-13-5-7-15(8-6-13)21-9-10-22-16-4-2-3-14(11-16)17-12-23-18(19)20-17/h2-8,11-12H,9-10H2,1H3,(H2,19,20). The second-order valence-corrected chi connectivity index (χ2v) is 6.00. The van der Waals surface area contributed by atoms with Gasteiger partial charge in [-0.3, -0.25) is 0 Å². The summed E-state index contributed by atoms with van der Waals surface area (Å²) in [6.07, 6.45) is 0. The first-order valence-corrected chi connectivity index (χ1v) is 8.22. The maximum atomic E-state index is 5.74. The summed E-state index contributed by atoms with van der Waals surface area (Å²) in [5.41, 5.74) is 8.76. The van der Waals surface area contributed by atoms with Gasteiger partial charge in [0.25, 0.3) is 0 Å². The van der Waals surface area contributed by atoms with Crippen molar-refractivity contribution in [1.29, 1.82) is 0 Å². The summed E-state index contributed by atoms with van der Waals surface area (Å²) in [4.78, 5) is 4.28. The number of hydrogen-bond acceptors (Lipinski definition) is 5. The molecule has 0 fully saturated rings. The predicted octanol–water partition coefficient (Wildman–Crippen LogP) is 4.16. The minimum absolute atomic E-state index is 0.483. The van der Waals surface area contributed by atoms with E-state index in [1.165, 1.54) is 16.9 Å². The number of nitrogens with zero attached hydrogens (tertiary/aromatic N) is 1. The molecule has 0 spiro atoms. The number of benzene rings is 2. The average molecular weight is 326 g/mol. The lowest BCUT2D eigenvalue weighted by Gasteiger charge is -2.09. The van der Waals surface area contributed by atoms with Crippen LogP contribution in [-0.4, -0.2) is 18.2 Å². The van der Waals surface area contributed by atoms with E-state index < -0.39 is 0 Å². The fourth-order valence-corrected chi connectivity index (χ4v) is 2.69. The molecule has 0 bridgehead atoms. The monoisotopic (exact) mass is 326 g/mol. The Morgan fingerprint density at radius 2 is 1.74 bits per heavy atom. The largest absolute Gasteiger partial charge is 0.490 e. The van der Waals surface area contributed by atoms with Crippen molar-refractivity contribution >= 4 is 16.5 Å². The van der Waals surface area contributed by atoms with Gasteiger partial charge in [0, 0.05) is 10.9 Å². The molecule has 0 aliphatic rings. The maximum Gasteiger partial charge on any atom is 0.180 e. The van der Waals surface area contributed by atoms with Crippen molar-refractivity contribution in [1.82, 2.24) is 4.98 Å². The van der Waals surface area contributed by atoms with E-state index in [-0.39, 0.29) is 0 Å². The van der Waals surface area contributed by atoms with Crippen molar-refractivity contribution in [2.45, 2.75) is 6.92 Å². The van der Waals surface area contributed by atoms with Gasteiger partial charge in [-0.15, -0.1) is 11.3 Å². The van der Waals surface area contributed by atoms with Crippen LogP contribution < -0.4 is 15.2 Å². The van der Waals surface area contributed by atoms with Crippen LogP contribution in [0.3, 0.4) is 0 Å². The highest BCUT2D eigenvalue weighted by Gasteiger charge is 2.04. The third-order valence-corrected chi connectivity index (χ3v) is 3.97. The van der Waals surface area contributed by atoms with Crippen LogP contribution in [0.1, 0.15) is 5.56 Å². The molecule has 2 N–H and O–H groups in total. The fourth-order valence-electron chi connectivity index (χ4n) is 2.12. The van der Waals surface area contributed by atoms with Gasteiger partial charge >= 0.3 is 0 Å². The number of nitrogen functional groups attached to an aromatic ring is 1. The second-order valence-electron chi connectivity index (χ2n) is 5.11. The van der Waals surface area contributed by atoms with Gasteiger partial charge in [0.2, 0.25) is 0 Å². The Kier molecular flexibility index (Phi) is 4.78. The van der Waals surface area contributed by atoms with Crippen LogP contribution in [0.25, 0.3) is 11.3 Å². The Morgan fingerprint density at radius 1 is 1.00 bits per heavy atom. The number of thiazole rings is 1. The molecule has 0 radical (unpaired) electrons. The molecule has 3 rings (SSSR count). The molecule has 1 aromatic heterocycles. The van der Waals surface area contributed by atoms with E-state index in [4.69, 9.17) is 15.2 Å². The molecule has 0 aliphatic heterocycles. The van der Waals surface area contributed by atoms with Crippen molar-refractivity contribution in [2.75, 3.05) is 18.9 Å². The zero-order valence-electron chi connectivity index (χ0n) is 12.9. The molecule has 4 nitrogen and oxygen atoms in total. The van der Waals surface area contributed by atoms with E-state index >= 15 is 0 Å². The van der Waals surface area contributed by atoms with Crippen LogP contribution in [0.5, 0.6) is 11.5 Å². The third kappa shape index (κ3) is 4.23. The van der Waals surface area contributed by atoms with Gasteiger partial charge in [0.05, 0.1) is 5.69 Å². The molecule has 0 saturated heterocycles. The average Bonchev–Trinajstić information content (AvgIpc) is 3.00. The van der Waals surface area contributed by atoms with E-state index in [9.17, 15) is 0 Å². The minimum atomic E-state index is 0.483. The first-order chi connectivity index (χ1) is 11.2. The molecule has 0 amide bonds. The fraction of sp³-hybridized carbons (Fsp3) is 0.167. The van der Waals surface area contributed by atoms with E-state index in [1.54, 1.807) is 0 Å². The highest BCUT2D eigenvalue weighted by atomic mass is 32.1. The molecule has 0 atom stereocenters. The molecule has 3 aromatic rings. The van der Waals surface area contributed by atoms with Crippen molar-refractivity contribution in [2.24, 2.45) is 0 Å². The normalized spacial score (nSPS) is 10.5. The lowest BCUT2D eigenvalue weighted by atomic mass is 10.2. The molecule has 1 heterocycles. The Morgan fingerprint density at radius 3 is 2.43 bits per heavy atom. The lowest BCUT2D eigenvalue weighted by Crippen LogP contribution is -2.08. The van der Waals surface area contributed by atoms with Gasteiger partial charge in [0.15, 0.2) is 5.13 Å². The van der Waals surface area contributed by atoms with E-state index in [0.29, 0.717) is 18.3 Å². The maximum absolute atomic E-state index is 5.74. The van der Waals surface area contributed by atoms with Crippen LogP contribution in [0.15, 0.2) is 53.9 Å². The van der Waals surface area contributed by atoms with E-state index in [2.05, 4.69) is 11.9 Å².